The summed E-state index contributed by atoms with van der Waals surface area (Å²) >= 11 is 0. The van der Waals surface area contributed by atoms with Gasteiger partial charge < -0.3 is 4.57 Å². The lowest BCUT2D eigenvalue weighted by molar-refractivity contribution is 1.07. The fourth-order valence-electron chi connectivity index (χ4n) is 7.37. The number of para-hydroxylation sites is 1. The van der Waals surface area contributed by atoms with Crippen LogP contribution in [0.15, 0.2) is 194 Å². The highest BCUT2D eigenvalue weighted by atomic mass is 15.0. The van der Waals surface area contributed by atoms with E-state index in [9.17, 15) is 0 Å². The number of nitrogens with zero attached hydrogens (tertiary/aromatic N) is 4. The molecule has 0 bridgehead atoms. The number of hydrogen-bond acceptors (Lipinski definition) is 3. The van der Waals surface area contributed by atoms with Crippen LogP contribution in [-0.4, -0.2) is 19.5 Å². The van der Waals surface area contributed by atoms with Crippen molar-refractivity contribution in [1.29, 1.82) is 0 Å². The predicted molar refractivity (Wildman–Crippen MR) is 219 cm³/mol. The Morgan fingerprint density at radius 2 is 0.755 bits per heavy atom. The number of hydrogen-bond donors (Lipinski definition) is 0. The molecule has 0 saturated carbocycles. The van der Waals surface area contributed by atoms with E-state index in [4.69, 9.17) is 15.0 Å². The molecule has 0 atom stereocenters. The third kappa shape index (κ3) is 5.63. The van der Waals surface area contributed by atoms with Crippen molar-refractivity contribution < 1.29 is 0 Å². The fraction of sp³-hybridized carbons (Fsp3) is 0. The van der Waals surface area contributed by atoms with E-state index in [1.165, 1.54) is 38.1 Å². The van der Waals surface area contributed by atoms with Crippen LogP contribution in [0.4, 0.5) is 0 Å². The molecule has 248 valence electrons. The van der Waals surface area contributed by atoms with Crippen molar-refractivity contribution in [3.63, 3.8) is 0 Å². The molecule has 0 spiro atoms. The second-order valence-electron chi connectivity index (χ2n) is 13.3. The molecule has 0 radical (unpaired) electrons. The quantitative estimate of drug-likeness (QED) is 0.176. The van der Waals surface area contributed by atoms with Crippen molar-refractivity contribution >= 4 is 32.6 Å². The van der Waals surface area contributed by atoms with E-state index in [2.05, 4.69) is 187 Å². The number of rotatable bonds is 6. The molecule has 0 fully saturated rings. The average Bonchev–Trinajstić information content (AvgIpc) is 3.56. The SMILES string of the molecule is c1ccc(-c2ccc(-c3nc(-c4ccc(-n5c6ccccc6c6cc7ccccc7cc65)cc4)nc(-c4cccc(-c5ccccc5)c4)n3)cc2)cc1. The lowest BCUT2D eigenvalue weighted by atomic mass is 10.0. The molecule has 10 aromatic rings. The number of aromatic nitrogens is 4. The van der Waals surface area contributed by atoms with Gasteiger partial charge in [0.1, 0.15) is 0 Å². The summed E-state index contributed by atoms with van der Waals surface area (Å²) in [7, 11) is 0. The first kappa shape index (κ1) is 30.6. The van der Waals surface area contributed by atoms with Crippen molar-refractivity contribution in [2.45, 2.75) is 0 Å². The maximum atomic E-state index is 5.10. The van der Waals surface area contributed by atoms with Crippen LogP contribution in [0.3, 0.4) is 0 Å². The van der Waals surface area contributed by atoms with Crippen LogP contribution in [0.2, 0.25) is 0 Å². The fourth-order valence-corrected chi connectivity index (χ4v) is 7.37. The molecule has 2 heterocycles. The lowest BCUT2D eigenvalue weighted by Crippen LogP contribution is -2.01. The lowest BCUT2D eigenvalue weighted by Gasteiger charge is -2.12. The van der Waals surface area contributed by atoms with Gasteiger partial charge in [0.15, 0.2) is 17.5 Å². The molecule has 4 heteroatoms. The molecule has 0 unspecified atom stereocenters. The highest BCUT2D eigenvalue weighted by Crippen LogP contribution is 2.36. The zero-order valence-corrected chi connectivity index (χ0v) is 28.8. The maximum Gasteiger partial charge on any atom is 0.164 e. The summed E-state index contributed by atoms with van der Waals surface area (Å²) in [5, 5.41) is 4.94. The Morgan fingerprint density at radius 1 is 0.283 bits per heavy atom. The molecular formula is C49H32N4. The molecular weight excluding hydrogens is 645 g/mol. The van der Waals surface area contributed by atoms with E-state index in [1.54, 1.807) is 0 Å². The third-order valence-electron chi connectivity index (χ3n) is 10.0. The van der Waals surface area contributed by atoms with E-state index in [0.29, 0.717) is 17.5 Å². The van der Waals surface area contributed by atoms with Crippen LogP contribution in [0, 0.1) is 0 Å². The minimum Gasteiger partial charge on any atom is -0.309 e. The van der Waals surface area contributed by atoms with Crippen LogP contribution < -0.4 is 0 Å². The van der Waals surface area contributed by atoms with Crippen LogP contribution in [0.1, 0.15) is 0 Å². The Bertz CT molecular complexity index is 2910. The average molecular weight is 677 g/mol. The Hall–Kier alpha value is -7.17. The van der Waals surface area contributed by atoms with Crippen molar-refractivity contribution in [2.75, 3.05) is 0 Å². The van der Waals surface area contributed by atoms with Gasteiger partial charge in [0.05, 0.1) is 11.0 Å². The first-order valence-electron chi connectivity index (χ1n) is 17.9. The third-order valence-corrected chi connectivity index (χ3v) is 10.0. The Morgan fingerprint density at radius 3 is 1.43 bits per heavy atom. The topological polar surface area (TPSA) is 43.6 Å². The summed E-state index contributed by atoms with van der Waals surface area (Å²) < 4.78 is 2.36. The Balaban J connectivity index is 1.09. The van der Waals surface area contributed by atoms with Gasteiger partial charge in [-0.25, -0.2) is 15.0 Å². The molecule has 8 aromatic carbocycles. The van der Waals surface area contributed by atoms with Gasteiger partial charge >= 0.3 is 0 Å². The predicted octanol–water partition coefficient (Wildman–Crippen LogP) is 12.5. The van der Waals surface area contributed by atoms with Gasteiger partial charge in [0.2, 0.25) is 0 Å². The van der Waals surface area contributed by atoms with Crippen LogP contribution in [0.5, 0.6) is 0 Å². The summed E-state index contributed by atoms with van der Waals surface area (Å²) in [6.07, 6.45) is 0. The van der Waals surface area contributed by atoms with E-state index < -0.39 is 0 Å². The highest BCUT2D eigenvalue weighted by Gasteiger charge is 2.16. The van der Waals surface area contributed by atoms with E-state index >= 15 is 0 Å². The first-order valence-corrected chi connectivity index (χ1v) is 17.9. The van der Waals surface area contributed by atoms with Crippen molar-refractivity contribution in [1.82, 2.24) is 19.5 Å². The van der Waals surface area contributed by atoms with Gasteiger partial charge in [-0.15, -0.1) is 0 Å². The van der Waals surface area contributed by atoms with Gasteiger partial charge in [-0.3, -0.25) is 0 Å². The second-order valence-corrected chi connectivity index (χ2v) is 13.3. The Labute approximate surface area is 307 Å². The largest absolute Gasteiger partial charge is 0.309 e. The standard InChI is InChI=1S/C49H32N4/c1-3-12-33(13-4-1)35-22-24-36(25-23-35)47-50-48(52-49(51-47)41-19-11-18-38(30-41)34-14-5-2-6-15-34)37-26-28-42(29-27-37)53-45-21-10-9-20-43(45)44-31-39-16-7-8-17-40(39)32-46(44)53/h1-32H. The molecule has 0 N–H and O–H groups in total. The van der Waals surface area contributed by atoms with Gasteiger partial charge in [-0.1, -0.05) is 146 Å². The summed E-state index contributed by atoms with van der Waals surface area (Å²) in [5.41, 5.74) is 10.8. The summed E-state index contributed by atoms with van der Waals surface area (Å²) in [6, 6.07) is 68.1. The zero-order chi connectivity index (χ0) is 35.1. The van der Waals surface area contributed by atoms with Gasteiger partial charge in [0, 0.05) is 33.2 Å². The number of benzene rings is 8. The van der Waals surface area contributed by atoms with E-state index in [1.807, 2.05) is 12.1 Å². The molecule has 10 rings (SSSR count). The molecule has 2 aromatic heterocycles. The summed E-state index contributed by atoms with van der Waals surface area (Å²) in [6.45, 7) is 0. The molecule has 0 saturated heterocycles. The summed E-state index contributed by atoms with van der Waals surface area (Å²) in [5.74, 6) is 1.89. The van der Waals surface area contributed by atoms with Gasteiger partial charge in [0.25, 0.3) is 0 Å². The summed E-state index contributed by atoms with van der Waals surface area (Å²) in [4.78, 5) is 15.2. The van der Waals surface area contributed by atoms with E-state index in [0.717, 1.165) is 39.1 Å². The van der Waals surface area contributed by atoms with Crippen LogP contribution >= 0.6 is 0 Å². The molecule has 0 aliphatic rings. The number of fused-ring (bicyclic) bond motifs is 4. The first-order chi connectivity index (χ1) is 26.2. The smallest absolute Gasteiger partial charge is 0.164 e. The molecule has 0 amide bonds. The molecule has 4 nitrogen and oxygen atoms in total. The molecule has 53 heavy (non-hydrogen) atoms. The monoisotopic (exact) mass is 676 g/mol. The Kier molecular flexibility index (Phi) is 7.43. The van der Waals surface area contributed by atoms with Crippen molar-refractivity contribution in [3.05, 3.63) is 194 Å². The minimum absolute atomic E-state index is 0.627. The zero-order valence-electron chi connectivity index (χ0n) is 28.8. The normalized spacial score (nSPS) is 11.4. The highest BCUT2D eigenvalue weighted by molar-refractivity contribution is 6.13. The van der Waals surface area contributed by atoms with Crippen molar-refractivity contribution in [2.24, 2.45) is 0 Å². The van der Waals surface area contributed by atoms with Gasteiger partial charge in [-0.05, 0) is 81.6 Å². The van der Waals surface area contributed by atoms with Crippen molar-refractivity contribution in [3.8, 4) is 62.1 Å². The maximum absolute atomic E-state index is 5.10. The van der Waals surface area contributed by atoms with Gasteiger partial charge in [-0.2, -0.15) is 0 Å². The second kappa shape index (κ2) is 12.9. The van der Waals surface area contributed by atoms with Crippen LogP contribution in [0.25, 0.3) is 94.7 Å². The molecule has 0 aliphatic heterocycles. The van der Waals surface area contributed by atoms with Crippen LogP contribution in [-0.2, 0) is 0 Å². The molecule has 0 aliphatic carbocycles. The minimum atomic E-state index is 0.627. The van der Waals surface area contributed by atoms with E-state index in [-0.39, 0.29) is 0 Å².